The smallest absolute Gasteiger partial charge is 0.174 e. The number of methoxy groups -OCH3 is 2. The van der Waals surface area contributed by atoms with Gasteiger partial charge in [-0.3, -0.25) is 0 Å². The second-order valence-corrected chi connectivity index (χ2v) is 3.72. The first-order valence-electron chi connectivity index (χ1n) is 5.73. The number of benzene rings is 1. The van der Waals surface area contributed by atoms with Crippen molar-refractivity contribution in [1.29, 1.82) is 5.26 Å². The van der Waals surface area contributed by atoms with Crippen LogP contribution in [0.5, 0.6) is 11.5 Å². The van der Waals surface area contributed by atoms with Crippen LogP contribution in [-0.2, 0) is 0 Å². The zero-order chi connectivity index (χ0) is 14.4. The monoisotopic (exact) mass is 265 g/mol. The number of nitrogens with zero attached hydrogens (tertiary/aromatic N) is 3. The maximum atomic E-state index is 8.92. The lowest BCUT2D eigenvalue weighted by atomic mass is 10.2. The summed E-state index contributed by atoms with van der Waals surface area (Å²) < 4.78 is 10.3. The molecule has 0 radical (unpaired) electrons. The second kappa shape index (κ2) is 6.21. The molecule has 1 heterocycles. The number of hydrogen-bond acceptors (Lipinski definition) is 5. The van der Waals surface area contributed by atoms with Crippen molar-refractivity contribution in [2.45, 2.75) is 0 Å². The highest BCUT2D eigenvalue weighted by Gasteiger charge is 2.01. The molecule has 5 heteroatoms. The first-order valence-corrected chi connectivity index (χ1v) is 5.73. The molecule has 98 valence electrons. The third-order valence-corrected chi connectivity index (χ3v) is 2.48. The van der Waals surface area contributed by atoms with Gasteiger partial charge in [0.15, 0.2) is 5.69 Å². The number of nitriles is 1. The Morgan fingerprint density at radius 2 is 1.50 bits per heavy atom. The maximum Gasteiger partial charge on any atom is 0.174 e. The maximum absolute atomic E-state index is 8.92. The van der Waals surface area contributed by atoms with Gasteiger partial charge in [0.2, 0.25) is 0 Å². The van der Waals surface area contributed by atoms with Crippen LogP contribution in [0.1, 0.15) is 17.0 Å². The number of hydrogen-bond donors (Lipinski definition) is 0. The molecule has 5 nitrogen and oxygen atoms in total. The van der Waals surface area contributed by atoms with E-state index in [1.807, 2.05) is 6.07 Å². The van der Waals surface area contributed by atoms with Gasteiger partial charge < -0.3 is 9.47 Å². The van der Waals surface area contributed by atoms with E-state index in [4.69, 9.17) is 14.7 Å². The van der Waals surface area contributed by atoms with Gasteiger partial charge in [-0.15, -0.1) is 0 Å². The van der Waals surface area contributed by atoms with Crippen LogP contribution in [0.25, 0.3) is 0 Å². The summed E-state index contributed by atoms with van der Waals surface area (Å²) in [6.45, 7) is 0. The van der Waals surface area contributed by atoms with Crippen molar-refractivity contribution in [3.63, 3.8) is 0 Å². The molecule has 0 unspecified atom stereocenters. The average Bonchev–Trinajstić information content (AvgIpc) is 2.52. The topological polar surface area (TPSA) is 68.0 Å². The summed E-state index contributed by atoms with van der Waals surface area (Å²) in [6, 6.07) is 7.26. The third-order valence-electron chi connectivity index (χ3n) is 2.48. The molecule has 0 aliphatic heterocycles. The summed E-state index contributed by atoms with van der Waals surface area (Å²) in [5, 5.41) is 8.92. The summed E-state index contributed by atoms with van der Waals surface area (Å²) in [4.78, 5) is 7.93. The fourth-order valence-electron chi connectivity index (χ4n) is 1.52. The second-order valence-electron chi connectivity index (χ2n) is 3.72. The molecule has 0 bridgehead atoms. The van der Waals surface area contributed by atoms with E-state index in [0.29, 0.717) is 22.8 Å². The third kappa shape index (κ3) is 3.04. The quantitative estimate of drug-likeness (QED) is 0.774. The SMILES string of the molecule is COc1cc(C#Cc2nccnc2C#N)cc(OC)c1. The molecule has 1 aromatic carbocycles. The normalized spacial score (nSPS) is 9.05. The number of aromatic nitrogens is 2. The summed E-state index contributed by atoms with van der Waals surface area (Å²) in [5.74, 6) is 7.04. The molecule has 20 heavy (non-hydrogen) atoms. The number of ether oxygens (including phenoxy) is 2. The Morgan fingerprint density at radius 3 is 2.05 bits per heavy atom. The van der Waals surface area contributed by atoms with Crippen molar-refractivity contribution in [1.82, 2.24) is 9.97 Å². The Hall–Kier alpha value is -3.05. The van der Waals surface area contributed by atoms with E-state index in [9.17, 15) is 0 Å². The molecule has 0 amide bonds. The van der Waals surface area contributed by atoms with Gasteiger partial charge in [-0.2, -0.15) is 5.26 Å². The summed E-state index contributed by atoms with van der Waals surface area (Å²) >= 11 is 0. The average molecular weight is 265 g/mol. The van der Waals surface area contributed by atoms with Gasteiger partial charge in [0.05, 0.1) is 14.2 Å². The molecule has 0 saturated carbocycles. The van der Waals surface area contributed by atoms with Crippen molar-refractivity contribution < 1.29 is 9.47 Å². The fourth-order valence-corrected chi connectivity index (χ4v) is 1.52. The standard InChI is InChI=1S/C15H11N3O2/c1-19-12-7-11(8-13(9-12)20-2)3-4-14-15(10-16)18-6-5-17-14/h5-9H,1-2H3. The lowest BCUT2D eigenvalue weighted by Crippen LogP contribution is -1.92. The fraction of sp³-hybridized carbons (Fsp3) is 0.133. The van der Waals surface area contributed by atoms with E-state index in [-0.39, 0.29) is 5.69 Å². The van der Waals surface area contributed by atoms with E-state index in [0.717, 1.165) is 0 Å². The van der Waals surface area contributed by atoms with Crippen LogP contribution in [-0.4, -0.2) is 24.2 Å². The lowest BCUT2D eigenvalue weighted by molar-refractivity contribution is 0.394. The van der Waals surface area contributed by atoms with E-state index in [1.54, 1.807) is 32.4 Å². The van der Waals surface area contributed by atoms with Crippen molar-refractivity contribution in [3.8, 4) is 29.4 Å². The predicted octanol–water partition coefficient (Wildman–Crippen LogP) is 1.77. The largest absolute Gasteiger partial charge is 0.497 e. The Morgan fingerprint density at radius 1 is 0.900 bits per heavy atom. The van der Waals surface area contributed by atoms with E-state index >= 15 is 0 Å². The first-order chi connectivity index (χ1) is 9.76. The Labute approximate surface area is 116 Å². The minimum absolute atomic E-state index is 0.204. The van der Waals surface area contributed by atoms with Crippen LogP contribution in [0.4, 0.5) is 0 Å². The van der Waals surface area contributed by atoms with Crippen LogP contribution >= 0.6 is 0 Å². The minimum atomic E-state index is 0.204. The van der Waals surface area contributed by atoms with E-state index < -0.39 is 0 Å². The van der Waals surface area contributed by atoms with Crippen molar-refractivity contribution in [2.75, 3.05) is 14.2 Å². The van der Waals surface area contributed by atoms with Crippen LogP contribution in [0.3, 0.4) is 0 Å². The first kappa shape index (κ1) is 13.4. The Kier molecular flexibility index (Phi) is 4.16. The van der Waals surface area contributed by atoms with E-state index in [2.05, 4.69) is 21.8 Å². The molecule has 0 aliphatic rings. The van der Waals surface area contributed by atoms with Gasteiger partial charge in [-0.1, -0.05) is 5.92 Å². The molecule has 0 atom stereocenters. The minimum Gasteiger partial charge on any atom is -0.497 e. The lowest BCUT2D eigenvalue weighted by Gasteiger charge is -2.04. The molecule has 2 rings (SSSR count). The van der Waals surface area contributed by atoms with Crippen LogP contribution in [0.2, 0.25) is 0 Å². The van der Waals surface area contributed by atoms with Gasteiger partial charge in [0.25, 0.3) is 0 Å². The molecule has 0 aliphatic carbocycles. The van der Waals surface area contributed by atoms with Crippen LogP contribution < -0.4 is 9.47 Å². The molecule has 1 aromatic heterocycles. The summed E-state index contributed by atoms with van der Waals surface area (Å²) in [6.07, 6.45) is 2.95. The Bertz CT molecular complexity index is 702. The van der Waals surface area contributed by atoms with Crippen LogP contribution in [0.15, 0.2) is 30.6 Å². The molecule has 0 N–H and O–H groups in total. The van der Waals surface area contributed by atoms with Gasteiger partial charge >= 0.3 is 0 Å². The van der Waals surface area contributed by atoms with Gasteiger partial charge in [0.1, 0.15) is 23.3 Å². The molecule has 0 saturated heterocycles. The summed E-state index contributed by atoms with van der Waals surface area (Å²) in [7, 11) is 3.14. The van der Waals surface area contributed by atoms with Gasteiger partial charge in [-0.25, -0.2) is 9.97 Å². The predicted molar refractivity (Wildman–Crippen MR) is 72.3 cm³/mol. The molecular weight excluding hydrogens is 254 g/mol. The molecular formula is C15H11N3O2. The van der Waals surface area contributed by atoms with Crippen molar-refractivity contribution >= 4 is 0 Å². The Balaban J connectivity index is 2.40. The van der Waals surface area contributed by atoms with Crippen LogP contribution in [0, 0.1) is 23.2 Å². The summed E-state index contributed by atoms with van der Waals surface area (Å²) in [5.41, 5.74) is 1.25. The van der Waals surface area contributed by atoms with Gasteiger partial charge in [-0.05, 0) is 18.1 Å². The highest BCUT2D eigenvalue weighted by Crippen LogP contribution is 2.21. The highest BCUT2D eigenvalue weighted by molar-refractivity contribution is 5.49. The van der Waals surface area contributed by atoms with E-state index in [1.165, 1.54) is 12.4 Å². The molecule has 0 spiro atoms. The molecule has 0 fully saturated rings. The van der Waals surface area contributed by atoms with Gasteiger partial charge in [0, 0.05) is 24.0 Å². The molecule has 2 aromatic rings. The van der Waals surface area contributed by atoms with Crippen molar-refractivity contribution in [2.24, 2.45) is 0 Å². The zero-order valence-corrected chi connectivity index (χ0v) is 11.0. The zero-order valence-electron chi connectivity index (χ0n) is 11.0. The van der Waals surface area contributed by atoms with Crippen molar-refractivity contribution in [3.05, 3.63) is 47.5 Å². The number of rotatable bonds is 2. The highest BCUT2D eigenvalue weighted by atomic mass is 16.5.